The molecule has 1 aromatic rings. The normalized spacial score (nSPS) is 33.9. The lowest BCUT2D eigenvalue weighted by Gasteiger charge is -2.27. The summed E-state index contributed by atoms with van der Waals surface area (Å²) < 4.78 is 0. The lowest BCUT2D eigenvalue weighted by Crippen LogP contribution is -2.27. The molecular weight excluding hydrogens is 282 g/mol. The molecule has 2 bridgehead atoms. The van der Waals surface area contributed by atoms with Gasteiger partial charge in [0.05, 0.1) is 10.8 Å². The van der Waals surface area contributed by atoms with Crippen molar-refractivity contribution >= 4 is 23.2 Å². The van der Waals surface area contributed by atoms with E-state index in [1.807, 2.05) is 19.9 Å². The molecule has 3 heteroatoms. The van der Waals surface area contributed by atoms with Crippen LogP contribution >= 0.6 is 11.6 Å². The van der Waals surface area contributed by atoms with Gasteiger partial charge in [-0.2, -0.15) is 0 Å². The summed E-state index contributed by atoms with van der Waals surface area (Å²) in [6.45, 7) is 3.97. The summed E-state index contributed by atoms with van der Waals surface area (Å²) in [5.41, 5.74) is 2.79. The van der Waals surface area contributed by atoms with Crippen molar-refractivity contribution in [2.75, 3.05) is 5.32 Å². The van der Waals surface area contributed by atoms with Crippen LogP contribution in [0.2, 0.25) is 0 Å². The van der Waals surface area contributed by atoms with E-state index in [2.05, 4.69) is 17.4 Å². The molecule has 21 heavy (non-hydrogen) atoms. The zero-order valence-corrected chi connectivity index (χ0v) is 13.4. The molecule has 1 heterocycles. The summed E-state index contributed by atoms with van der Waals surface area (Å²) in [5.74, 6) is 2.44. The van der Waals surface area contributed by atoms with E-state index in [-0.39, 0.29) is 11.3 Å². The Hall–Kier alpha value is -1.02. The molecule has 2 fully saturated rings. The molecule has 1 aromatic carbocycles. The zero-order valence-electron chi connectivity index (χ0n) is 12.7. The standard InChI is InChI=1S/C18H22ClNO/c1-18(2)14-9-12(5-6-15(14)20-17(18)21)16(19)13-8-10-3-4-11(13)7-10/h5-6,9-11,13,16H,3-4,7-8H2,1-2H3,(H,20,21). The van der Waals surface area contributed by atoms with Gasteiger partial charge in [0.2, 0.25) is 5.91 Å². The Bertz CT molecular complexity index is 609. The molecule has 0 aromatic heterocycles. The van der Waals surface area contributed by atoms with E-state index in [0.717, 1.165) is 23.1 Å². The molecule has 0 radical (unpaired) electrons. The number of alkyl halides is 1. The van der Waals surface area contributed by atoms with Gasteiger partial charge in [0.15, 0.2) is 0 Å². The summed E-state index contributed by atoms with van der Waals surface area (Å²) in [6.07, 6.45) is 5.43. The van der Waals surface area contributed by atoms with Crippen molar-refractivity contribution in [3.8, 4) is 0 Å². The third kappa shape index (κ3) is 1.95. The number of fused-ring (bicyclic) bond motifs is 3. The Kier molecular flexibility index (Phi) is 2.91. The molecule has 0 saturated heterocycles. The minimum atomic E-state index is -0.448. The number of benzene rings is 1. The minimum Gasteiger partial charge on any atom is -0.325 e. The van der Waals surface area contributed by atoms with Gasteiger partial charge in [-0.3, -0.25) is 4.79 Å². The van der Waals surface area contributed by atoms with E-state index >= 15 is 0 Å². The van der Waals surface area contributed by atoms with Crippen LogP contribution < -0.4 is 5.32 Å². The first kappa shape index (κ1) is 13.6. The highest BCUT2D eigenvalue weighted by Gasteiger charge is 2.44. The van der Waals surface area contributed by atoms with Crippen molar-refractivity contribution in [1.29, 1.82) is 0 Å². The van der Waals surface area contributed by atoms with Crippen LogP contribution in [-0.4, -0.2) is 5.91 Å². The zero-order chi connectivity index (χ0) is 14.8. The Balaban J connectivity index is 1.65. The number of nitrogens with one attached hydrogen (secondary N) is 1. The highest BCUT2D eigenvalue weighted by Crippen LogP contribution is 2.54. The Morgan fingerprint density at radius 3 is 2.76 bits per heavy atom. The summed E-state index contributed by atoms with van der Waals surface area (Å²) in [7, 11) is 0. The fourth-order valence-electron chi connectivity index (χ4n) is 4.66. The van der Waals surface area contributed by atoms with Crippen molar-refractivity contribution in [2.24, 2.45) is 17.8 Å². The van der Waals surface area contributed by atoms with Crippen LogP contribution in [0.1, 0.15) is 56.0 Å². The van der Waals surface area contributed by atoms with Gasteiger partial charge >= 0.3 is 0 Å². The van der Waals surface area contributed by atoms with E-state index in [0.29, 0.717) is 5.92 Å². The summed E-state index contributed by atoms with van der Waals surface area (Å²) in [5, 5.41) is 3.06. The molecule has 1 aliphatic heterocycles. The Morgan fingerprint density at radius 1 is 1.29 bits per heavy atom. The Labute approximate surface area is 131 Å². The van der Waals surface area contributed by atoms with Gasteiger partial charge in [-0.05, 0) is 68.1 Å². The molecule has 1 N–H and O–H groups in total. The van der Waals surface area contributed by atoms with Crippen LogP contribution in [0.25, 0.3) is 0 Å². The fourth-order valence-corrected chi connectivity index (χ4v) is 5.10. The molecular formula is C18H22ClNO. The highest BCUT2D eigenvalue weighted by atomic mass is 35.5. The topological polar surface area (TPSA) is 29.1 Å². The molecule has 4 rings (SSSR count). The first-order valence-corrected chi connectivity index (χ1v) is 8.50. The second-order valence-corrected chi connectivity index (χ2v) is 8.09. The molecule has 2 aliphatic carbocycles. The molecule has 0 spiro atoms. The second kappa shape index (κ2) is 4.49. The van der Waals surface area contributed by atoms with Gasteiger partial charge in [-0.1, -0.05) is 18.6 Å². The first-order valence-electron chi connectivity index (χ1n) is 8.07. The highest BCUT2D eigenvalue weighted by molar-refractivity contribution is 6.21. The summed E-state index contributed by atoms with van der Waals surface area (Å²) in [6, 6.07) is 6.29. The summed E-state index contributed by atoms with van der Waals surface area (Å²) >= 11 is 6.83. The Morgan fingerprint density at radius 2 is 2.10 bits per heavy atom. The van der Waals surface area contributed by atoms with Gasteiger partial charge in [-0.15, -0.1) is 11.6 Å². The number of anilines is 1. The lowest BCUT2D eigenvalue weighted by molar-refractivity contribution is -0.119. The van der Waals surface area contributed by atoms with Gasteiger partial charge < -0.3 is 5.32 Å². The monoisotopic (exact) mass is 303 g/mol. The van der Waals surface area contributed by atoms with Crippen LogP contribution in [0.5, 0.6) is 0 Å². The van der Waals surface area contributed by atoms with Crippen LogP contribution in [0.4, 0.5) is 5.69 Å². The summed E-state index contributed by atoms with van der Waals surface area (Å²) in [4.78, 5) is 12.1. The molecule has 1 amide bonds. The smallest absolute Gasteiger partial charge is 0.234 e. The number of carbonyl (C=O) groups excluding carboxylic acids is 1. The maximum Gasteiger partial charge on any atom is 0.234 e. The van der Waals surface area contributed by atoms with E-state index in [1.54, 1.807) is 0 Å². The second-order valence-electron chi connectivity index (χ2n) is 7.62. The average molecular weight is 304 g/mol. The quantitative estimate of drug-likeness (QED) is 0.793. The van der Waals surface area contributed by atoms with Crippen molar-refractivity contribution in [1.82, 2.24) is 0 Å². The van der Waals surface area contributed by atoms with Crippen LogP contribution in [0.3, 0.4) is 0 Å². The molecule has 3 aliphatic rings. The van der Waals surface area contributed by atoms with Crippen molar-refractivity contribution in [2.45, 2.75) is 50.3 Å². The first-order chi connectivity index (χ1) is 9.96. The van der Waals surface area contributed by atoms with E-state index < -0.39 is 5.41 Å². The van der Waals surface area contributed by atoms with Gasteiger partial charge in [0.1, 0.15) is 0 Å². The third-order valence-corrected chi connectivity index (χ3v) is 6.60. The van der Waals surface area contributed by atoms with Crippen LogP contribution in [-0.2, 0) is 10.2 Å². The molecule has 112 valence electrons. The van der Waals surface area contributed by atoms with Crippen molar-refractivity contribution in [3.63, 3.8) is 0 Å². The van der Waals surface area contributed by atoms with E-state index in [1.165, 1.54) is 31.2 Å². The maximum absolute atomic E-state index is 12.1. The van der Waals surface area contributed by atoms with Crippen LogP contribution in [0, 0.1) is 17.8 Å². The number of amides is 1. The largest absolute Gasteiger partial charge is 0.325 e. The number of hydrogen-bond acceptors (Lipinski definition) is 1. The van der Waals surface area contributed by atoms with Crippen LogP contribution in [0.15, 0.2) is 18.2 Å². The lowest BCUT2D eigenvalue weighted by atomic mass is 9.81. The average Bonchev–Trinajstić information content (AvgIpc) is 3.13. The number of rotatable bonds is 2. The SMILES string of the molecule is CC1(C)C(=O)Nc2ccc(C(Cl)C3CC4CCC3C4)cc21. The van der Waals surface area contributed by atoms with Gasteiger partial charge in [-0.25, -0.2) is 0 Å². The van der Waals surface area contributed by atoms with E-state index in [9.17, 15) is 4.79 Å². The van der Waals surface area contributed by atoms with Crippen molar-refractivity contribution in [3.05, 3.63) is 29.3 Å². The maximum atomic E-state index is 12.1. The van der Waals surface area contributed by atoms with Gasteiger partial charge in [0, 0.05) is 5.69 Å². The van der Waals surface area contributed by atoms with E-state index in [4.69, 9.17) is 11.6 Å². The van der Waals surface area contributed by atoms with Crippen molar-refractivity contribution < 1.29 is 4.79 Å². The number of hydrogen-bond donors (Lipinski definition) is 1. The fraction of sp³-hybridized carbons (Fsp3) is 0.611. The number of halogens is 1. The van der Waals surface area contributed by atoms with Gasteiger partial charge in [0.25, 0.3) is 0 Å². The predicted octanol–water partition coefficient (Wildman–Crippen LogP) is 4.63. The predicted molar refractivity (Wildman–Crippen MR) is 85.6 cm³/mol. The number of carbonyl (C=O) groups is 1. The molecule has 2 saturated carbocycles. The third-order valence-electron chi connectivity index (χ3n) is 6.02. The molecule has 4 atom stereocenters. The molecule has 2 nitrogen and oxygen atoms in total. The molecule has 4 unspecified atom stereocenters. The minimum absolute atomic E-state index is 0.0840.